The Morgan fingerprint density at radius 1 is 0.962 bits per heavy atom. The summed E-state index contributed by atoms with van der Waals surface area (Å²) in [6.07, 6.45) is 0. The fourth-order valence-electron chi connectivity index (χ4n) is 3.17. The van der Waals surface area contributed by atoms with Crippen molar-refractivity contribution in [3.63, 3.8) is 0 Å². The van der Waals surface area contributed by atoms with E-state index in [2.05, 4.69) is 5.32 Å². The second-order valence-electron chi connectivity index (χ2n) is 6.17. The van der Waals surface area contributed by atoms with E-state index >= 15 is 0 Å². The Morgan fingerprint density at radius 3 is 2.46 bits per heavy atom. The van der Waals surface area contributed by atoms with Crippen LogP contribution in [0.1, 0.15) is 11.4 Å². The lowest BCUT2D eigenvalue weighted by atomic mass is 10.1. The first-order chi connectivity index (χ1) is 12.7. The van der Waals surface area contributed by atoms with Crippen molar-refractivity contribution < 1.29 is 4.74 Å². The average molecular weight is 344 g/mol. The molecule has 0 saturated heterocycles. The number of anilines is 2. The zero-order chi connectivity index (χ0) is 18.1. The standard InChI is InChI=1S/C21H20N4O/c1-14-13-19(23-16-9-5-4-6-10-16)25-21(22-14)20(15(2)24-25)17-11-7-8-12-18(17)26-3/h4-13,23H,1-3H3. The topological polar surface area (TPSA) is 51.5 Å². The maximum Gasteiger partial charge on any atom is 0.165 e. The van der Waals surface area contributed by atoms with Crippen molar-refractivity contribution in [2.24, 2.45) is 0 Å². The van der Waals surface area contributed by atoms with E-state index in [-0.39, 0.29) is 0 Å². The zero-order valence-electron chi connectivity index (χ0n) is 15.0. The molecule has 5 nitrogen and oxygen atoms in total. The van der Waals surface area contributed by atoms with E-state index in [0.29, 0.717) is 0 Å². The van der Waals surface area contributed by atoms with Crippen molar-refractivity contribution in [1.29, 1.82) is 0 Å². The summed E-state index contributed by atoms with van der Waals surface area (Å²) in [5.74, 6) is 1.69. The second kappa shape index (κ2) is 6.52. The van der Waals surface area contributed by atoms with Crippen molar-refractivity contribution in [3.05, 3.63) is 72.1 Å². The molecule has 5 heteroatoms. The third-order valence-electron chi connectivity index (χ3n) is 4.31. The number of aryl methyl sites for hydroxylation is 2. The van der Waals surface area contributed by atoms with Crippen molar-refractivity contribution in [2.75, 3.05) is 12.4 Å². The smallest absolute Gasteiger partial charge is 0.165 e. The van der Waals surface area contributed by atoms with Gasteiger partial charge >= 0.3 is 0 Å². The molecule has 0 spiro atoms. The van der Waals surface area contributed by atoms with Gasteiger partial charge in [0.15, 0.2) is 5.65 Å². The number of benzene rings is 2. The first-order valence-corrected chi connectivity index (χ1v) is 8.50. The van der Waals surface area contributed by atoms with Crippen molar-refractivity contribution in [2.45, 2.75) is 13.8 Å². The Kier molecular flexibility index (Phi) is 4.05. The zero-order valence-corrected chi connectivity index (χ0v) is 15.0. The molecule has 0 aliphatic heterocycles. The van der Waals surface area contributed by atoms with Crippen molar-refractivity contribution >= 4 is 17.2 Å². The van der Waals surface area contributed by atoms with Crippen LogP contribution in [-0.2, 0) is 0 Å². The predicted octanol–water partition coefficient (Wildman–Crippen LogP) is 4.77. The Hall–Kier alpha value is -3.34. The van der Waals surface area contributed by atoms with Gasteiger partial charge in [-0.05, 0) is 32.0 Å². The lowest BCUT2D eigenvalue weighted by Gasteiger charge is -2.10. The Labute approximate surface area is 152 Å². The van der Waals surface area contributed by atoms with Gasteiger partial charge in [0.2, 0.25) is 0 Å². The quantitative estimate of drug-likeness (QED) is 0.580. The molecule has 0 saturated carbocycles. The third-order valence-corrected chi connectivity index (χ3v) is 4.31. The summed E-state index contributed by atoms with van der Waals surface area (Å²) in [5.41, 5.74) is 5.63. The van der Waals surface area contributed by atoms with E-state index in [4.69, 9.17) is 14.8 Å². The second-order valence-corrected chi connectivity index (χ2v) is 6.17. The summed E-state index contributed by atoms with van der Waals surface area (Å²) in [7, 11) is 1.68. The van der Waals surface area contributed by atoms with Gasteiger partial charge in [-0.2, -0.15) is 9.61 Å². The average Bonchev–Trinajstić information content (AvgIpc) is 2.98. The largest absolute Gasteiger partial charge is 0.496 e. The van der Waals surface area contributed by atoms with E-state index in [1.54, 1.807) is 7.11 Å². The lowest BCUT2D eigenvalue weighted by molar-refractivity contribution is 0.416. The van der Waals surface area contributed by atoms with Gasteiger partial charge in [0.25, 0.3) is 0 Å². The van der Waals surface area contributed by atoms with Crippen LogP contribution in [0, 0.1) is 13.8 Å². The number of hydrogen-bond donors (Lipinski definition) is 1. The van der Waals surface area contributed by atoms with Crippen LogP contribution in [-0.4, -0.2) is 21.7 Å². The van der Waals surface area contributed by atoms with Crippen LogP contribution in [0.2, 0.25) is 0 Å². The summed E-state index contributed by atoms with van der Waals surface area (Å²) in [4.78, 5) is 4.76. The normalized spacial score (nSPS) is 10.9. The fourth-order valence-corrected chi connectivity index (χ4v) is 3.17. The molecule has 0 unspecified atom stereocenters. The predicted molar refractivity (Wildman–Crippen MR) is 104 cm³/mol. The molecule has 26 heavy (non-hydrogen) atoms. The van der Waals surface area contributed by atoms with Crippen LogP contribution in [0.15, 0.2) is 60.7 Å². The van der Waals surface area contributed by atoms with E-state index in [1.165, 1.54) is 0 Å². The molecule has 0 bridgehead atoms. The molecule has 4 aromatic rings. The summed E-state index contributed by atoms with van der Waals surface area (Å²) in [5, 5.41) is 8.18. The Bertz CT molecular complexity index is 1070. The van der Waals surface area contributed by atoms with E-state index in [9.17, 15) is 0 Å². The first kappa shape index (κ1) is 16.1. The molecule has 0 aliphatic carbocycles. The summed E-state index contributed by atoms with van der Waals surface area (Å²) in [6, 6.07) is 20.0. The summed E-state index contributed by atoms with van der Waals surface area (Å²) >= 11 is 0. The van der Waals surface area contributed by atoms with Gasteiger partial charge in [0.05, 0.1) is 18.4 Å². The molecule has 0 amide bonds. The minimum Gasteiger partial charge on any atom is -0.496 e. The van der Waals surface area contributed by atoms with Gasteiger partial charge in [0.1, 0.15) is 11.6 Å². The van der Waals surface area contributed by atoms with Crippen LogP contribution in [0.3, 0.4) is 0 Å². The minimum atomic E-state index is 0.811. The number of hydrogen-bond acceptors (Lipinski definition) is 4. The van der Waals surface area contributed by atoms with E-state index < -0.39 is 0 Å². The number of para-hydroxylation sites is 2. The molecule has 0 fully saturated rings. The molecule has 2 heterocycles. The molecule has 4 rings (SSSR count). The van der Waals surface area contributed by atoms with Gasteiger partial charge in [-0.1, -0.05) is 36.4 Å². The van der Waals surface area contributed by atoms with Gasteiger partial charge in [0, 0.05) is 23.0 Å². The number of nitrogens with one attached hydrogen (secondary N) is 1. The number of rotatable bonds is 4. The molecule has 130 valence electrons. The molecule has 2 aromatic carbocycles. The number of methoxy groups -OCH3 is 1. The highest BCUT2D eigenvalue weighted by molar-refractivity contribution is 5.84. The molecular formula is C21H20N4O. The molecule has 0 radical (unpaired) electrons. The van der Waals surface area contributed by atoms with Crippen molar-refractivity contribution in [1.82, 2.24) is 14.6 Å². The molecule has 1 N–H and O–H groups in total. The van der Waals surface area contributed by atoms with Gasteiger partial charge in [-0.25, -0.2) is 4.98 Å². The molecule has 0 atom stereocenters. The molecule has 2 aromatic heterocycles. The fraction of sp³-hybridized carbons (Fsp3) is 0.143. The SMILES string of the molecule is COc1ccccc1-c1c(C)nn2c(Nc3ccccc3)cc(C)nc12. The number of aromatic nitrogens is 3. The lowest BCUT2D eigenvalue weighted by Crippen LogP contribution is -2.02. The van der Waals surface area contributed by atoms with E-state index in [1.807, 2.05) is 79.0 Å². The number of ether oxygens (including phenoxy) is 1. The highest BCUT2D eigenvalue weighted by Crippen LogP contribution is 2.35. The number of nitrogens with zero attached hydrogens (tertiary/aromatic N) is 3. The van der Waals surface area contributed by atoms with Crippen LogP contribution in [0.5, 0.6) is 5.75 Å². The monoisotopic (exact) mass is 344 g/mol. The Balaban J connectivity index is 1.93. The summed E-state index contributed by atoms with van der Waals surface area (Å²) in [6.45, 7) is 3.99. The first-order valence-electron chi connectivity index (χ1n) is 8.50. The summed E-state index contributed by atoms with van der Waals surface area (Å²) < 4.78 is 7.41. The van der Waals surface area contributed by atoms with Crippen molar-refractivity contribution in [3.8, 4) is 16.9 Å². The third kappa shape index (κ3) is 2.77. The van der Waals surface area contributed by atoms with Gasteiger partial charge in [-0.15, -0.1) is 0 Å². The highest BCUT2D eigenvalue weighted by atomic mass is 16.5. The molecular weight excluding hydrogens is 324 g/mol. The molecule has 0 aliphatic rings. The number of fused-ring (bicyclic) bond motifs is 1. The van der Waals surface area contributed by atoms with Crippen LogP contribution >= 0.6 is 0 Å². The van der Waals surface area contributed by atoms with Crippen LogP contribution in [0.25, 0.3) is 16.8 Å². The van der Waals surface area contributed by atoms with E-state index in [0.717, 1.165) is 45.4 Å². The van der Waals surface area contributed by atoms with Gasteiger partial charge in [-0.3, -0.25) is 0 Å². The maximum absolute atomic E-state index is 5.55. The minimum absolute atomic E-state index is 0.811. The van der Waals surface area contributed by atoms with Gasteiger partial charge < -0.3 is 10.1 Å². The van der Waals surface area contributed by atoms with Crippen LogP contribution in [0.4, 0.5) is 11.5 Å². The highest BCUT2D eigenvalue weighted by Gasteiger charge is 2.18. The maximum atomic E-state index is 5.55. The Morgan fingerprint density at radius 2 is 1.69 bits per heavy atom. The van der Waals surface area contributed by atoms with Crippen LogP contribution < -0.4 is 10.1 Å².